The van der Waals surface area contributed by atoms with Crippen molar-refractivity contribution in [3.63, 3.8) is 0 Å². The van der Waals surface area contributed by atoms with Gasteiger partial charge in [-0.1, -0.05) is 11.6 Å². The fourth-order valence-electron chi connectivity index (χ4n) is 2.68. The lowest BCUT2D eigenvalue weighted by Gasteiger charge is -2.30. The zero-order chi connectivity index (χ0) is 11.4. The van der Waals surface area contributed by atoms with Crippen molar-refractivity contribution in [1.82, 2.24) is 5.43 Å². The summed E-state index contributed by atoms with van der Waals surface area (Å²) in [6.45, 7) is 2.85. The molecule has 0 spiro atoms. The summed E-state index contributed by atoms with van der Waals surface area (Å²) in [6.07, 6.45) is 10.3. The minimum Gasteiger partial charge on any atom is -0.376 e. The Balaban J connectivity index is 2.02. The van der Waals surface area contributed by atoms with Gasteiger partial charge in [-0.05, 0) is 51.4 Å². The standard InChI is InChI=1S/C13H24N2O/c1-2-16-13(11-8-9-11)12(15-14)10-6-4-3-5-7-10/h6,11-13,15H,2-5,7-9,14H2,1H3. The fraction of sp³-hybridized carbons (Fsp3) is 0.846. The van der Waals surface area contributed by atoms with E-state index in [0.717, 1.165) is 12.5 Å². The van der Waals surface area contributed by atoms with Gasteiger partial charge >= 0.3 is 0 Å². The molecule has 3 N–H and O–H groups in total. The maximum absolute atomic E-state index is 5.89. The largest absolute Gasteiger partial charge is 0.376 e. The van der Waals surface area contributed by atoms with Crippen LogP contribution in [-0.4, -0.2) is 18.8 Å². The molecule has 2 aliphatic rings. The molecule has 0 aromatic rings. The van der Waals surface area contributed by atoms with E-state index in [1.54, 1.807) is 0 Å². The number of hydrogen-bond acceptors (Lipinski definition) is 3. The van der Waals surface area contributed by atoms with Crippen molar-refractivity contribution in [2.75, 3.05) is 6.61 Å². The molecule has 0 bridgehead atoms. The lowest BCUT2D eigenvalue weighted by atomic mass is 9.89. The first-order chi connectivity index (χ1) is 7.86. The molecule has 0 amide bonds. The Kier molecular flexibility index (Phi) is 4.38. The first-order valence-electron chi connectivity index (χ1n) is 6.63. The van der Waals surface area contributed by atoms with E-state index in [4.69, 9.17) is 10.6 Å². The van der Waals surface area contributed by atoms with Gasteiger partial charge in [0.15, 0.2) is 0 Å². The zero-order valence-electron chi connectivity index (χ0n) is 10.2. The molecule has 1 saturated carbocycles. The van der Waals surface area contributed by atoms with Crippen molar-refractivity contribution in [3.05, 3.63) is 11.6 Å². The van der Waals surface area contributed by atoms with Gasteiger partial charge in [0.2, 0.25) is 0 Å². The van der Waals surface area contributed by atoms with E-state index in [-0.39, 0.29) is 6.04 Å². The Morgan fingerprint density at radius 1 is 1.50 bits per heavy atom. The SMILES string of the molecule is CCOC(C1CC1)C(NN)C1=CCCCC1. The summed E-state index contributed by atoms with van der Waals surface area (Å²) in [4.78, 5) is 0. The third-order valence-corrected chi connectivity index (χ3v) is 3.68. The Bertz CT molecular complexity index is 248. The van der Waals surface area contributed by atoms with Crippen LogP contribution in [0.15, 0.2) is 11.6 Å². The number of nitrogens with two attached hydrogens (primary N) is 1. The van der Waals surface area contributed by atoms with E-state index >= 15 is 0 Å². The zero-order valence-corrected chi connectivity index (χ0v) is 10.2. The predicted molar refractivity (Wildman–Crippen MR) is 65.8 cm³/mol. The van der Waals surface area contributed by atoms with Gasteiger partial charge in [0.05, 0.1) is 12.1 Å². The average molecular weight is 224 g/mol. The summed E-state index contributed by atoms with van der Waals surface area (Å²) < 4.78 is 5.89. The molecule has 0 aromatic heterocycles. The third kappa shape index (κ3) is 2.84. The van der Waals surface area contributed by atoms with Crippen LogP contribution in [0, 0.1) is 5.92 Å². The van der Waals surface area contributed by atoms with Crippen LogP contribution in [0.1, 0.15) is 45.4 Å². The van der Waals surface area contributed by atoms with Gasteiger partial charge in [0.25, 0.3) is 0 Å². The quantitative estimate of drug-likeness (QED) is 0.413. The van der Waals surface area contributed by atoms with Crippen LogP contribution in [0.3, 0.4) is 0 Å². The molecule has 2 rings (SSSR count). The van der Waals surface area contributed by atoms with Crippen LogP contribution in [0.2, 0.25) is 0 Å². The fourth-order valence-corrected chi connectivity index (χ4v) is 2.68. The summed E-state index contributed by atoms with van der Waals surface area (Å²) in [7, 11) is 0. The van der Waals surface area contributed by atoms with Gasteiger partial charge in [-0.15, -0.1) is 0 Å². The molecule has 0 aromatic carbocycles. The van der Waals surface area contributed by atoms with Crippen molar-refractivity contribution in [1.29, 1.82) is 0 Å². The van der Waals surface area contributed by atoms with Crippen LogP contribution in [0.4, 0.5) is 0 Å². The van der Waals surface area contributed by atoms with Gasteiger partial charge in [-0.25, -0.2) is 0 Å². The number of nitrogens with one attached hydrogen (secondary N) is 1. The second kappa shape index (κ2) is 5.80. The van der Waals surface area contributed by atoms with Gasteiger partial charge in [-0.3, -0.25) is 11.3 Å². The number of allylic oxidation sites excluding steroid dienone is 1. The Morgan fingerprint density at radius 2 is 2.31 bits per heavy atom. The highest BCUT2D eigenvalue weighted by Crippen LogP contribution is 2.38. The molecule has 2 atom stereocenters. The second-order valence-corrected chi connectivity index (χ2v) is 4.93. The van der Waals surface area contributed by atoms with Gasteiger partial charge < -0.3 is 4.74 Å². The van der Waals surface area contributed by atoms with E-state index in [9.17, 15) is 0 Å². The van der Waals surface area contributed by atoms with E-state index in [1.165, 1.54) is 44.1 Å². The second-order valence-electron chi connectivity index (χ2n) is 4.93. The highest BCUT2D eigenvalue weighted by Gasteiger charge is 2.38. The summed E-state index contributed by atoms with van der Waals surface area (Å²) in [5.41, 5.74) is 4.46. The van der Waals surface area contributed by atoms with Crippen molar-refractivity contribution in [2.45, 2.75) is 57.6 Å². The van der Waals surface area contributed by atoms with E-state index in [1.807, 2.05) is 0 Å². The van der Waals surface area contributed by atoms with Crippen molar-refractivity contribution in [3.8, 4) is 0 Å². The van der Waals surface area contributed by atoms with Gasteiger partial charge in [0.1, 0.15) is 0 Å². The molecular weight excluding hydrogens is 200 g/mol. The normalized spacial score (nSPS) is 25.0. The first-order valence-corrected chi connectivity index (χ1v) is 6.63. The van der Waals surface area contributed by atoms with Crippen LogP contribution < -0.4 is 11.3 Å². The lowest BCUT2D eigenvalue weighted by molar-refractivity contribution is 0.0268. The summed E-state index contributed by atoms with van der Waals surface area (Å²) in [5, 5.41) is 0. The predicted octanol–water partition coefficient (Wildman–Crippen LogP) is 2.13. The number of rotatable bonds is 6. The molecule has 92 valence electrons. The number of ether oxygens (including phenoxy) is 1. The summed E-state index contributed by atoms with van der Waals surface area (Å²) in [5.74, 6) is 6.46. The lowest BCUT2D eigenvalue weighted by Crippen LogP contribution is -2.47. The maximum Gasteiger partial charge on any atom is 0.0807 e. The summed E-state index contributed by atoms with van der Waals surface area (Å²) >= 11 is 0. The molecule has 0 heterocycles. The van der Waals surface area contributed by atoms with E-state index in [2.05, 4.69) is 18.4 Å². The molecule has 3 nitrogen and oxygen atoms in total. The highest BCUT2D eigenvalue weighted by atomic mass is 16.5. The Morgan fingerprint density at radius 3 is 2.81 bits per heavy atom. The minimum absolute atomic E-state index is 0.243. The smallest absolute Gasteiger partial charge is 0.0807 e. The van der Waals surface area contributed by atoms with Crippen LogP contribution in [-0.2, 0) is 4.74 Å². The van der Waals surface area contributed by atoms with E-state index in [0.29, 0.717) is 6.10 Å². The molecule has 3 heteroatoms. The minimum atomic E-state index is 0.243. The van der Waals surface area contributed by atoms with Crippen LogP contribution in [0.25, 0.3) is 0 Å². The number of hydrogen-bond donors (Lipinski definition) is 2. The molecular formula is C13H24N2O. The van der Waals surface area contributed by atoms with Crippen LogP contribution >= 0.6 is 0 Å². The monoisotopic (exact) mass is 224 g/mol. The molecule has 2 unspecified atom stereocenters. The topological polar surface area (TPSA) is 47.3 Å². The molecule has 2 aliphatic carbocycles. The van der Waals surface area contributed by atoms with Crippen molar-refractivity contribution < 1.29 is 4.74 Å². The molecule has 0 aliphatic heterocycles. The molecule has 0 radical (unpaired) electrons. The molecule has 0 saturated heterocycles. The summed E-state index contributed by atoms with van der Waals surface area (Å²) in [6, 6.07) is 0.243. The van der Waals surface area contributed by atoms with Crippen LogP contribution in [0.5, 0.6) is 0 Å². The maximum atomic E-state index is 5.89. The molecule has 16 heavy (non-hydrogen) atoms. The molecule has 1 fully saturated rings. The Hall–Kier alpha value is -0.380. The van der Waals surface area contributed by atoms with Gasteiger partial charge in [0, 0.05) is 6.61 Å². The first kappa shape index (κ1) is 12.1. The highest BCUT2D eigenvalue weighted by molar-refractivity contribution is 5.16. The Labute approximate surface area is 98.4 Å². The van der Waals surface area contributed by atoms with Crippen molar-refractivity contribution >= 4 is 0 Å². The average Bonchev–Trinajstić information content (AvgIpc) is 3.14. The van der Waals surface area contributed by atoms with Gasteiger partial charge in [-0.2, -0.15) is 0 Å². The third-order valence-electron chi connectivity index (χ3n) is 3.68. The van der Waals surface area contributed by atoms with E-state index < -0.39 is 0 Å². The van der Waals surface area contributed by atoms with Crippen molar-refractivity contribution in [2.24, 2.45) is 11.8 Å². The number of hydrazine groups is 1.